The third-order valence-electron chi connectivity index (χ3n) is 10.7. The van der Waals surface area contributed by atoms with Gasteiger partial charge < -0.3 is 29.4 Å². The Bertz CT molecular complexity index is 1910. The number of hydrogen-bond donors (Lipinski definition) is 2. The van der Waals surface area contributed by atoms with Gasteiger partial charge in [-0.15, -0.1) is 11.4 Å². The Morgan fingerprint density at radius 3 is 0.811 bits per heavy atom. The maximum Gasteiger partial charge on any atom is 2.00 e. The summed E-state index contributed by atoms with van der Waals surface area (Å²) in [6, 6.07) is 21.5. The van der Waals surface area contributed by atoms with Crippen molar-refractivity contribution in [1.29, 1.82) is 0 Å². The Morgan fingerprint density at radius 1 is 0.419 bits per heavy atom. The fraction of sp³-hybridized carbons (Fsp3) is 0.600. The van der Waals surface area contributed by atoms with Gasteiger partial charge in [-0.3, -0.25) is 0 Å². The molecule has 2 saturated heterocycles. The van der Waals surface area contributed by atoms with Crippen molar-refractivity contribution < 1.29 is 19.5 Å². The molecular formula is C60H106Ca2N6O2Si4+2. The topological polar surface area (TPSA) is 103 Å². The van der Waals surface area contributed by atoms with Crippen molar-refractivity contribution in [3.05, 3.63) is 126 Å². The smallest absolute Gasteiger partial charge is 0.668 e. The van der Waals surface area contributed by atoms with Crippen LogP contribution in [0.2, 0.25) is 78.6 Å². The van der Waals surface area contributed by atoms with Crippen molar-refractivity contribution in [2.24, 2.45) is 0 Å². The van der Waals surface area contributed by atoms with Crippen molar-refractivity contribution in [2.45, 2.75) is 211 Å². The van der Waals surface area contributed by atoms with E-state index in [4.69, 9.17) is 29.4 Å². The number of nitrogens with one attached hydrogen (secondary N) is 2. The molecule has 0 atom stereocenters. The van der Waals surface area contributed by atoms with E-state index in [1.807, 2.05) is 0 Å². The summed E-state index contributed by atoms with van der Waals surface area (Å²) in [5.41, 5.74) is 13.5. The number of para-hydroxylation sites is 2. The van der Waals surface area contributed by atoms with Crippen molar-refractivity contribution in [3.8, 4) is 0 Å². The molecule has 0 radical (unpaired) electrons. The van der Waals surface area contributed by atoms with Crippen LogP contribution in [0.15, 0.2) is 84.2 Å². The minimum atomic E-state index is -1.11. The third kappa shape index (κ3) is 35.7. The van der Waals surface area contributed by atoms with Gasteiger partial charge in [-0.25, -0.2) is 9.98 Å². The van der Waals surface area contributed by atoms with E-state index in [-0.39, 0.29) is 75.5 Å². The summed E-state index contributed by atoms with van der Waals surface area (Å²) in [6.45, 7) is 57.7. The molecule has 3 aromatic carbocycles. The van der Waals surface area contributed by atoms with E-state index in [1.54, 1.807) is 0 Å². The predicted octanol–water partition coefficient (Wildman–Crippen LogP) is 16.6. The van der Waals surface area contributed by atoms with Gasteiger partial charge in [0, 0.05) is 64.5 Å². The molecule has 0 bridgehead atoms. The SMILES string of the molecule is C1CCOC1.C1CCOC1.CC(/C=C(/C)[N-]c1c(C(C)C)cccc1C(C)C)=[NH+]c1ccc([NH+]=C(C)/C=C(/C)[N-]c2c(C(C)C)cccc2C(C)C)cc1.C[Si](C)(C)[N-][Si](C)(C)C.C[Si](C)(C)[N-][Si](C)(C)C.[Ca+2].[Ca+2]. The molecule has 0 aromatic heterocycles. The zero-order chi connectivity index (χ0) is 55.0. The maximum absolute atomic E-state index is 5.08. The van der Waals surface area contributed by atoms with Gasteiger partial charge >= 0.3 is 75.5 Å². The normalized spacial score (nSPS) is 14.6. The van der Waals surface area contributed by atoms with Gasteiger partial charge in [-0.2, -0.15) is 11.4 Å². The number of ether oxygens (including phenoxy) is 2. The van der Waals surface area contributed by atoms with Gasteiger partial charge in [-0.1, -0.05) is 239 Å². The standard InChI is InChI=1S/C40H52N4.2C6H18NSi2.2C4H8O.2Ca/c1-25(2)35-15-13-16-36(26(3)4)39(35)43-31(11)23-29(9)41-33-19-21-34(22-20-33)42-30(10)24-32(12)44-40-37(27(5)6)17-14-18-38(40)28(7)8;2*1-8(2,3)7-9(4,5)6;2*1-2-4-5-3-1;;/h13-28H,1-12H3;2*1-6H3;2*1-4H2;;/q-2;2*-1;;;2*+2/p+2/b31-23-,32-24-,41-29?,42-30?;;;;;;. The van der Waals surface area contributed by atoms with Crippen molar-refractivity contribution >= 4 is 143 Å². The molecule has 0 saturated carbocycles. The minimum Gasteiger partial charge on any atom is -0.668 e. The van der Waals surface area contributed by atoms with Gasteiger partial charge in [0.2, 0.25) is 11.4 Å². The first-order valence-electron chi connectivity index (χ1n) is 27.2. The first kappa shape index (κ1) is 75.4. The maximum atomic E-state index is 5.08. The Hall–Kier alpha value is -0.693. The van der Waals surface area contributed by atoms with E-state index >= 15 is 0 Å². The van der Waals surface area contributed by atoms with Crippen LogP contribution in [0.25, 0.3) is 19.9 Å². The molecule has 8 nitrogen and oxygen atoms in total. The van der Waals surface area contributed by atoms with Gasteiger partial charge in [0.1, 0.15) is 0 Å². The molecule has 0 unspecified atom stereocenters. The number of rotatable bonds is 16. The van der Waals surface area contributed by atoms with E-state index in [0.29, 0.717) is 23.7 Å². The zero-order valence-corrected chi connectivity index (χ0v) is 60.3. The van der Waals surface area contributed by atoms with Crippen LogP contribution < -0.4 is 9.98 Å². The molecule has 2 heterocycles. The predicted molar refractivity (Wildman–Crippen MR) is 344 cm³/mol. The van der Waals surface area contributed by atoms with Crippen LogP contribution in [0.1, 0.15) is 155 Å². The van der Waals surface area contributed by atoms with E-state index in [9.17, 15) is 0 Å². The summed E-state index contributed by atoms with van der Waals surface area (Å²) in [5, 5.41) is 10.2. The molecule has 14 heteroatoms. The molecule has 2 aliphatic rings. The van der Waals surface area contributed by atoms with Gasteiger partial charge in [0.05, 0.1) is 0 Å². The quantitative estimate of drug-likeness (QED) is 0.110. The van der Waals surface area contributed by atoms with E-state index < -0.39 is 32.9 Å². The average Bonchev–Trinajstić information content (AvgIpc) is 4.00. The number of benzene rings is 3. The van der Waals surface area contributed by atoms with Crippen molar-refractivity contribution in [1.82, 2.24) is 0 Å². The molecule has 74 heavy (non-hydrogen) atoms. The van der Waals surface area contributed by atoms with Crippen LogP contribution >= 0.6 is 0 Å². The van der Waals surface area contributed by atoms with E-state index in [2.05, 4.69) is 244 Å². The van der Waals surface area contributed by atoms with Crippen molar-refractivity contribution in [3.63, 3.8) is 0 Å². The first-order valence-corrected chi connectivity index (χ1v) is 41.0. The van der Waals surface area contributed by atoms with Crippen LogP contribution in [0, 0.1) is 0 Å². The molecule has 2 fully saturated rings. The Kier molecular flexibility index (Phi) is 38.0. The van der Waals surface area contributed by atoms with Gasteiger partial charge in [0.25, 0.3) is 0 Å². The number of nitrogens with zero attached hydrogens (tertiary/aromatic N) is 4. The zero-order valence-electron chi connectivity index (χ0n) is 51.9. The summed E-state index contributed by atoms with van der Waals surface area (Å²) >= 11 is 0. The number of allylic oxidation sites excluding steroid dienone is 4. The summed E-state index contributed by atoms with van der Waals surface area (Å²) in [4.78, 5) is 7.04. The molecule has 5 rings (SSSR count). The summed E-state index contributed by atoms with van der Waals surface area (Å²) in [5.74, 6) is 1.68. The Labute approximate surface area is 520 Å². The van der Waals surface area contributed by atoms with Gasteiger partial charge in [-0.05, 0) is 61.5 Å². The van der Waals surface area contributed by atoms with E-state index in [1.165, 1.54) is 47.9 Å². The first-order chi connectivity index (χ1) is 33.2. The minimum absolute atomic E-state index is 0. The molecule has 406 valence electrons. The second-order valence-corrected chi connectivity index (χ2v) is 43.9. The second-order valence-electron chi connectivity index (χ2n) is 24.7. The second kappa shape index (κ2) is 37.3. The van der Waals surface area contributed by atoms with Crippen LogP contribution in [0.4, 0.5) is 22.7 Å². The molecule has 0 spiro atoms. The summed E-state index contributed by atoms with van der Waals surface area (Å²) in [7, 11) is -4.42. The largest absolute Gasteiger partial charge is 2.00 e. The summed E-state index contributed by atoms with van der Waals surface area (Å²) < 4.78 is 19.5. The van der Waals surface area contributed by atoms with Crippen LogP contribution in [-0.2, 0) is 9.47 Å². The monoisotopic (exact) mass is 1130 g/mol. The fourth-order valence-corrected chi connectivity index (χ4v) is 24.6. The van der Waals surface area contributed by atoms with Gasteiger partial charge in [0.15, 0.2) is 11.4 Å². The molecule has 2 aliphatic heterocycles. The van der Waals surface area contributed by atoms with Crippen molar-refractivity contribution in [2.75, 3.05) is 26.4 Å². The fourth-order valence-electron chi connectivity index (χ4n) is 8.52. The number of hydrogen-bond acceptors (Lipinski definition) is 2. The molecule has 3 aromatic rings. The average molecular weight is 1140 g/mol. The molecule has 2 N–H and O–H groups in total. The molecule has 0 amide bonds. The molecule has 0 aliphatic carbocycles. The Morgan fingerprint density at radius 2 is 0.649 bits per heavy atom. The molecular weight excluding hydrogens is 1030 g/mol. The third-order valence-corrected chi connectivity index (χ3v) is 21.4. The van der Waals surface area contributed by atoms with Crippen LogP contribution in [0.3, 0.4) is 0 Å². The van der Waals surface area contributed by atoms with E-state index in [0.717, 1.165) is 72.0 Å². The van der Waals surface area contributed by atoms with Crippen LogP contribution in [0.5, 0.6) is 0 Å². The van der Waals surface area contributed by atoms with Crippen LogP contribution in [-0.4, -0.2) is 146 Å². The Balaban J connectivity index is 0. The summed E-state index contributed by atoms with van der Waals surface area (Å²) in [6.07, 6.45) is 9.34.